The Balaban J connectivity index is 0.00000128. The van der Waals surface area contributed by atoms with Crippen LogP contribution >= 0.6 is 12.4 Å². The third kappa shape index (κ3) is 2.84. The van der Waals surface area contributed by atoms with E-state index in [0.29, 0.717) is 6.54 Å². The normalized spacial score (nSPS) is 9.50. The summed E-state index contributed by atoms with van der Waals surface area (Å²) in [5, 5.41) is 1.12. The average Bonchev–Trinajstić information content (AvgIpc) is 2.26. The van der Waals surface area contributed by atoms with E-state index in [0.717, 1.165) is 16.6 Å². The SMILES string of the molecule is Cl.NC(N)=NCc1ccc2ccccc2n1. The second kappa shape index (κ2) is 5.32. The van der Waals surface area contributed by atoms with Crippen molar-refractivity contribution in [3.05, 3.63) is 42.1 Å². The average molecular weight is 237 g/mol. The fourth-order valence-corrected chi connectivity index (χ4v) is 1.37. The number of rotatable bonds is 2. The maximum absolute atomic E-state index is 5.25. The number of nitrogens with zero attached hydrogens (tertiary/aromatic N) is 2. The minimum Gasteiger partial charge on any atom is -0.370 e. The summed E-state index contributed by atoms with van der Waals surface area (Å²) < 4.78 is 0. The van der Waals surface area contributed by atoms with Gasteiger partial charge in [0.1, 0.15) is 0 Å². The molecule has 0 bridgehead atoms. The minimum atomic E-state index is 0. The maximum atomic E-state index is 5.25. The molecule has 0 fully saturated rings. The van der Waals surface area contributed by atoms with Crippen LogP contribution in [-0.2, 0) is 6.54 Å². The maximum Gasteiger partial charge on any atom is 0.186 e. The van der Waals surface area contributed by atoms with E-state index in [1.165, 1.54) is 0 Å². The predicted molar refractivity (Wildman–Crippen MR) is 68.5 cm³/mol. The van der Waals surface area contributed by atoms with Crippen molar-refractivity contribution in [2.75, 3.05) is 0 Å². The molecule has 0 radical (unpaired) electrons. The topological polar surface area (TPSA) is 77.3 Å². The van der Waals surface area contributed by atoms with Gasteiger partial charge in [0, 0.05) is 5.39 Å². The Kier molecular flexibility index (Phi) is 4.08. The fourth-order valence-electron chi connectivity index (χ4n) is 1.37. The van der Waals surface area contributed by atoms with Crippen LogP contribution in [0.3, 0.4) is 0 Å². The van der Waals surface area contributed by atoms with Crippen molar-refractivity contribution in [2.45, 2.75) is 6.54 Å². The number of guanidine groups is 1. The van der Waals surface area contributed by atoms with E-state index in [1.54, 1.807) is 0 Å². The molecule has 1 heterocycles. The summed E-state index contributed by atoms with van der Waals surface area (Å²) >= 11 is 0. The molecule has 0 amide bonds. The smallest absolute Gasteiger partial charge is 0.186 e. The monoisotopic (exact) mass is 236 g/mol. The van der Waals surface area contributed by atoms with Gasteiger partial charge in [0.05, 0.1) is 17.8 Å². The van der Waals surface area contributed by atoms with Crippen LogP contribution in [0.4, 0.5) is 0 Å². The first kappa shape index (κ1) is 12.3. The number of hydrogen-bond acceptors (Lipinski definition) is 2. The first-order chi connectivity index (χ1) is 7.25. The molecular weight excluding hydrogens is 224 g/mol. The Morgan fingerprint density at radius 3 is 2.62 bits per heavy atom. The van der Waals surface area contributed by atoms with Crippen molar-refractivity contribution in [2.24, 2.45) is 16.5 Å². The molecule has 0 spiro atoms. The second-order valence-corrected chi connectivity index (χ2v) is 3.24. The van der Waals surface area contributed by atoms with E-state index < -0.39 is 0 Å². The van der Waals surface area contributed by atoms with Crippen molar-refractivity contribution in [1.82, 2.24) is 4.98 Å². The van der Waals surface area contributed by atoms with Crippen LogP contribution in [0.15, 0.2) is 41.4 Å². The second-order valence-electron chi connectivity index (χ2n) is 3.24. The lowest BCUT2D eigenvalue weighted by atomic mass is 10.2. The minimum absolute atomic E-state index is 0. The zero-order valence-electron chi connectivity index (χ0n) is 8.63. The molecule has 16 heavy (non-hydrogen) atoms. The summed E-state index contributed by atoms with van der Waals surface area (Å²) in [6.07, 6.45) is 0. The number of para-hydroxylation sites is 1. The summed E-state index contributed by atoms with van der Waals surface area (Å²) in [5.74, 6) is 0.0879. The molecule has 0 aliphatic rings. The highest BCUT2D eigenvalue weighted by molar-refractivity contribution is 5.85. The Morgan fingerprint density at radius 2 is 1.88 bits per heavy atom. The summed E-state index contributed by atoms with van der Waals surface area (Å²) in [7, 11) is 0. The van der Waals surface area contributed by atoms with Gasteiger partial charge >= 0.3 is 0 Å². The highest BCUT2D eigenvalue weighted by atomic mass is 35.5. The molecule has 84 valence electrons. The van der Waals surface area contributed by atoms with Crippen LogP contribution in [0.5, 0.6) is 0 Å². The van der Waals surface area contributed by atoms with Gasteiger partial charge in [0.2, 0.25) is 0 Å². The van der Waals surface area contributed by atoms with Crippen molar-refractivity contribution in [1.29, 1.82) is 0 Å². The van der Waals surface area contributed by atoms with Crippen LogP contribution in [0.25, 0.3) is 10.9 Å². The van der Waals surface area contributed by atoms with Gasteiger partial charge in [-0.15, -0.1) is 12.4 Å². The van der Waals surface area contributed by atoms with Crippen LogP contribution in [-0.4, -0.2) is 10.9 Å². The summed E-state index contributed by atoms with van der Waals surface area (Å²) in [6, 6.07) is 11.9. The zero-order chi connectivity index (χ0) is 10.7. The van der Waals surface area contributed by atoms with Gasteiger partial charge in [0.25, 0.3) is 0 Å². The predicted octanol–water partition coefficient (Wildman–Crippen LogP) is 1.43. The van der Waals surface area contributed by atoms with Gasteiger partial charge in [-0.05, 0) is 12.1 Å². The number of halogens is 1. The van der Waals surface area contributed by atoms with Gasteiger partial charge in [-0.25, -0.2) is 4.99 Å². The molecule has 1 aromatic carbocycles. The van der Waals surface area contributed by atoms with Crippen LogP contribution in [0.1, 0.15) is 5.69 Å². The molecule has 2 aromatic rings. The van der Waals surface area contributed by atoms with E-state index in [9.17, 15) is 0 Å². The molecule has 0 atom stereocenters. The molecule has 0 aliphatic heterocycles. The standard InChI is InChI=1S/C11H12N4.ClH/c12-11(13)14-7-9-6-5-8-3-1-2-4-10(8)15-9;/h1-6H,7H2,(H4,12,13,14);1H. The molecule has 1 aromatic heterocycles. The molecule has 4 N–H and O–H groups in total. The lowest BCUT2D eigenvalue weighted by Gasteiger charge is -2.00. The number of fused-ring (bicyclic) bond motifs is 1. The molecule has 5 heteroatoms. The third-order valence-electron chi connectivity index (χ3n) is 2.08. The Labute approximate surface area is 99.8 Å². The van der Waals surface area contributed by atoms with E-state index in [4.69, 9.17) is 11.5 Å². The number of benzene rings is 1. The number of hydrogen-bond donors (Lipinski definition) is 2. The third-order valence-corrected chi connectivity index (χ3v) is 2.08. The van der Waals surface area contributed by atoms with Gasteiger partial charge in [-0.3, -0.25) is 4.98 Å². The Bertz CT molecular complexity index is 506. The zero-order valence-corrected chi connectivity index (χ0v) is 9.45. The molecule has 0 unspecified atom stereocenters. The number of aromatic nitrogens is 1. The van der Waals surface area contributed by atoms with Crippen molar-refractivity contribution in [3.63, 3.8) is 0 Å². The van der Waals surface area contributed by atoms with Crippen LogP contribution < -0.4 is 11.5 Å². The molecule has 4 nitrogen and oxygen atoms in total. The van der Waals surface area contributed by atoms with E-state index in [-0.39, 0.29) is 18.4 Å². The number of pyridine rings is 1. The highest BCUT2D eigenvalue weighted by Gasteiger charge is 1.96. The van der Waals surface area contributed by atoms with Gasteiger partial charge in [-0.1, -0.05) is 24.3 Å². The summed E-state index contributed by atoms with van der Waals surface area (Å²) in [4.78, 5) is 8.34. The number of nitrogens with two attached hydrogens (primary N) is 2. The largest absolute Gasteiger partial charge is 0.370 e. The van der Waals surface area contributed by atoms with Crippen molar-refractivity contribution in [3.8, 4) is 0 Å². The van der Waals surface area contributed by atoms with Crippen LogP contribution in [0, 0.1) is 0 Å². The van der Waals surface area contributed by atoms with E-state index in [1.807, 2.05) is 36.4 Å². The first-order valence-corrected chi connectivity index (χ1v) is 4.66. The van der Waals surface area contributed by atoms with Gasteiger partial charge < -0.3 is 11.5 Å². The molecule has 0 saturated heterocycles. The Hall–Kier alpha value is -1.81. The molecule has 2 rings (SSSR count). The number of aliphatic imine (C=N–C) groups is 1. The van der Waals surface area contributed by atoms with Gasteiger partial charge in [0.15, 0.2) is 5.96 Å². The quantitative estimate of drug-likeness (QED) is 0.612. The summed E-state index contributed by atoms with van der Waals surface area (Å²) in [6.45, 7) is 0.424. The highest BCUT2D eigenvalue weighted by Crippen LogP contribution is 2.11. The lowest BCUT2D eigenvalue weighted by molar-refractivity contribution is 0.997. The first-order valence-electron chi connectivity index (χ1n) is 4.66. The summed E-state index contributed by atoms with van der Waals surface area (Å²) in [5.41, 5.74) is 12.3. The van der Waals surface area contributed by atoms with Crippen LogP contribution in [0.2, 0.25) is 0 Å². The molecule has 0 aliphatic carbocycles. The Morgan fingerprint density at radius 1 is 1.12 bits per heavy atom. The van der Waals surface area contributed by atoms with Crippen molar-refractivity contribution < 1.29 is 0 Å². The van der Waals surface area contributed by atoms with Gasteiger partial charge in [-0.2, -0.15) is 0 Å². The van der Waals surface area contributed by atoms with E-state index in [2.05, 4.69) is 9.98 Å². The molecule has 0 saturated carbocycles. The lowest BCUT2D eigenvalue weighted by Crippen LogP contribution is -2.22. The molecular formula is C11H13ClN4. The van der Waals surface area contributed by atoms with Crippen molar-refractivity contribution >= 4 is 29.3 Å². The van der Waals surface area contributed by atoms with E-state index >= 15 is 0 Å². The fraction of sp³-hybridized carbons (Fsp3) is 0.0909.